The van der Waals surface area contributed by atoms with Crippen LogP contribution in [-0.4, -0.2) is 20.2 Å². The maximum Gasteiger partial charge on any atom is 0.138 e. The lowest BCUT2D eigenvalue weighted by Crippen LogP contribution is -1.93. The summed E-state index contributed by atoms with van der Waals surface area (Å²) < 4.78 is 0. The summed E-state index contributed by atoms with van der Waals surface area (Å²) in [4.78, 5) is 9.14. The van der Waals surface area contributed by atoms with E-state index in [9.17, 15) is 0 Å². The fourth-order valence-corrected chi connectivity index (χ4v) is 3.31. The van der Waals surface area contributed by atoms with E-state index in [-0.39, 0.29) is 0 Å². The minimum absolute atomic E-state index is 0.790. The Labute approximate surface area is 137 Å². The molecule has 0 aliphatic carbocycles. The van der Waals surface area contributed by atoms with Crippen LogP contribution in [0.2, 0.25) is 0 Å². The Morgan fingerprint density at radius 3 is 2.42 bits per heavy atom. The molecule has 4 nitrogen and oxygen atoms in total. The van der Waals surface area contributed by atoms with Crippen molar-refractivity contribution >= 4 is 32.7 Å². The van der Waals surface area contributed by atoms with Crippen LogP contribution in [0.25, 0.3) is 43.8 Å². The predicted molar refractivity (Wildman–Crippen MR) is 95.6 cm³/mol. The SMILES string of the molecule is c1ccc(-c2cccc3c4ncnnc4c4cccnc4c23)cc1. The van der Waals surface area contributed by atoms with Crippen LogP contribution in [-0.2, 0) is 0 Å². The Morgan fingerprint density at radius 1 is 0.625 bits per heavy atom. The molecular weight excluding hydrogens is 296 g/mol. The van der Waals surface area contributed by atoms with E-state index in [0.717, 1.165) is 43.8 Å². The van der Waals surface area contributed by atoms with Gasteiger partial charge >= 0.3 is 0 Å². The van der Waals surface area contributed by atoms with Crippen LogP contribution in [0.4, 0.5) is 0 Å². The molecule has 0 spiro atoms. The van der Waals surface area contributed by atoms with Crippen LogP contribution in [0.15, 0.2) is 73.2 Å². The second-order valence-corrected chi connectivity index (χ2v) is 5.65. The van der Waals surface area contributed by atoms with Crippen molar-refractivity contribution in [2.75, 3.05) is 0 Å². The summed E-state index contributed by atoms with van der Waals surface area (Å²) in [6.45, 7) is 0. The van der Waals surface area contributed by atoms with E-state index in [2.05, 4.69) is 62.6 Å². The van der Waals surface area contributed by atoms with Gasteiger partial charge in [-0.3, -0.25) is 4.98 Å². The first kappa shape index (κ1) is 13.1. The average Bonchev–Trinajstić information content (AvgIpc) is 2.68. The summed E-state index contributed by atoms with van der Waals surface area (Å²) in [5.41, 5.74) is 4.90. The third-order valence-electron chi connectivity index (χ3n) is 4.32. The molecule has 0 saturated carbocycles. The van der Waals surface area contributed by atoms with Crippen molar-refractivity contribution in [1.29, 1.82) is 0 Å². The Balaban J connectivity index is 2.09. The number of fused-ring (bicyclic) bond motifs is 6. The fraction of sp³-hybridized carbons (Fsp3) is 0. The van der Waals surface area contributed by atoms with Gasteiger partial charge in [-0.25, -0.2) is 4.98 Å². The quantitative estimate of drug-likeness (QED) is 0.431. The molecule has 24 heavy (non-hydrogen) atoms. The molecule has 0 aliphatic rings. The molecule has 3 aromatic carbocycles. The summed E-state index contributed by atoms with van der Waals surface area (Å²) >= 11 is 0. The van der Waals surface area contributed by atoms with Crippen LogP contribution in [0, 0.1) is 0 Å². The lowest BCUT2D eigenvalue weighted by atomic mass is 9.95. The van der Waals surface area contributed by atoms with Crippen molar-refractivity contribution in [2.24, 2.45) is 0 Å². The molecule has 5 aromatic rings. The number of benzene rings is 3. The van der Waals surface area contributed by atoms with Crippen LogP contribution >= 0.6 is 0 Å². The lowest BCUT2D eigenvalue weighted by Gasteiger charge is -2.11. The highest BCUT2D eigenvalue weighted by molar-refractivity contribution is 6.25. The Morgan fingerprint density at radius 2 is 1.50 bits per heavy atom. The van der Waals surface area contributed by atoms with Gasteiger partial charge in [-0.05, 0) is 23.3 Å². The van der Waals surface area contributed by atoms with Crippen LogP contribution < -0.4 is 0 Å². The molecule has 0 bridgehead atoms. The van der Waals surface area contributed by atoms with Gasteiger partial charge in [0.05, 0.1) is 5.52 Å². The fourth-order valence-electron chi connectivity index (χ4n) is 3.31. The monoisotopic (exact) mass is 308 g/mol. The minimum atomic E-state index is 0.790. The standard InChI is InChI=1S/C20H12N4/c1-2-6-13(7-3-1)14-8-4-9-15-17(14)18-16(10-5-11-21-18)20-19(15)22-12-23-24-20/h1-12H. The van der Waals surface area contributed by atoms with Gasteiger partial charge in [-0.1, -0.05) is 48.5 Å². The van der Waals surface area contributed by atoms with Crippen LogP contribution in [0.1, 0.15) is 0 Å². The van der Waals surface area contributed by atoms with Gasteiger partial charge in [-0.15, -0.1) is 10.2 Å². The molecule has 0 amide bonds. The first-order chi connectivity index (χ1) is 11.9. The number of hydrogen-bond acceptors (Lipinski definition) is 4. The number of nitrogens with zero attached hydrogens (tertiary/aromatic N) is 4. The molecule has 4 heteroatoms. The zero-order chi connectivity index (χ0) is 15.9. The topological polar surface area (TPSA) is 51.6 Å². The van der Waals surface area contributed by atoms with Gasteiger partial charge in [-0.2, -0.15) is 0 Å². The third kappa shape index (κ3) is 1.80. The molecule has 0 atom stereocenters. The smallest absolute Gasteiger partial charge is 0.138 e. The molecule has 2 heterocycles. The van der Waals surface area contributed by atoms with Crippen molar-refractivity contribution in [3.05, 3.63) is 73.2 Å². The van der Waals surface area contributed by atoms with Gasteiger partial charge in [0.15, 0.2) is 0 Å². The van der Waals surface area contributed by atoms with Gasteiger partial charge in [0, 0.05) is 22.4 Å². The largest absolute Gasteiger partial charge is 0.256 e. The maximum absolute atomic E-state index is 4.65. The van der Waals surface area contributed by atoms with Gasteiger partial charge < -0.3 is 0 Å². The van der Waals surface area contributed by atoms with E-state index in [0.29, 0.717) is 0 Å². The molecule has 0 radical (unpaired) electrons. The lowest BCUT2D eigenvalue weighted by molar-refractivity contribution is 1.03. The zero-order valence-corrected chi connectivity index (χ0v) is 12.7. The molecule has 0 aliphatic heterocycles. The molecule has 0 saturated heterocycles. The number of aromatic nitrogens is 4. The summed E-state index contributed by atoms with van der Waals surface area (Å²) in [5.74, 6) is 0. The zero-order valence-electron chi connectivity index (χ0n) is 12.7. The number of hydrogen-bond donors (Lipinski definition) is 0. The Kier molecular flexibility index (Phi) is 2.76. The Hall–Kier alpha value is -3.40. The first-order valence-electron chi connectivity index (χ1n) is 7.76. The molecule has 0 fully saturated rings. The molecule has 2 aromatic heterocycles. The van der Waals surface area contributed by atoms with E-state index in [4.69, 9.17) is 0 Å². The summed E-state index contributed by atoms with van der Waals surface area (Å²) in [6.07, 6.45) is 3.32. The normalized spacial score (nSPS) is 11.3. The van der Waals surface area contributed by atoms with E-state index < -0.39 is 0 Å². The Bertz CT molecular complexity index is 1150. The minimum Gasteiger partial charge on any atom is -0.256 e. The van der Waals surface area contributed by atoms with Crippen LogP contribution in [0.3, 0.4) is 0 Å². The number of rotatable bonds is 1. The summed E-state index contributed by atoms with van der Waals surface area (Å²) in [7, 11) is 0. The maximum atomic E-state index is 4.65. The van der Waals surface area contributed by atoms with Crippen molar-refractivity contribution < 1.29 is 0 Å². The van der Waals surface area contributed by atoms with Crippen molar-refractivity contribution in [3.63, 3.8) is 0 Å². The molecule has 0 unspecified atom stereocenters. The highest BCUT2D eigenvalue weighted by Gasteiger charge is 2.14. The average molecular weight is 308 g/mol. The van der Waals surface area contributed by atoms with Crippen molar-refractivity contribution in [2.45, 2.75) is 0 Å². The molecular formula is C20H12N4. The van der Waals surface area contributed by atoms with Gasteiger partial charge in [0.2, 0.25) is 0 Å². The van der Waals surface area contributed by atoms with E-state index in [1.807, 2.05) is 24.4 Å². The second kappa shape index (κ2) is 5.06. The molecule has 0 N–H and O–H groups in total. The van der Waals surface area contributed by atoms with E-state index in [1.54, 1.807) is 0 Å². The predicted octanol–water partition coefficient (Wildman–Crippen LogP) is 4.39. The second-order valence-electron chi connectivity index (χ2n) is 5.65. The molecule has 5 rings (SSSR count). The van der Waals surface area contributed by atoms with Gasteiger partial charge in [0.1, 0.15) is 17.4 Å². The highest BCUT2D eigenvalue weighted by atomic mass is 15.1. The van der Waals surface area contributed by atoms with E-state index >= 15 is 0 Å². The van der Waals surface area contributed by atoms with E-state index in [1.165, 1.54) is 6.33 Å². The third-order valence-corrected chi connectivity index (χ3v) is 4.32. The molecule has 112 valence electrons. The number of pyridine rings is 1. The van der Waals surface area contributed by atoms with Crippen molar-refractivity contribution in [1.82, 2.24) is 20.2 Å². The summed E-state index contributed by atoms with van der Waals surface area (Å²) in [6, 6.07) is 20.6. The van der Waals surface area contributed by atoms with Crippen molar-refractivity contribution in [3.8, 4) is 11.1 Å². The van der Waals surface area contributed by atoms with Crippen LogP contribution in [0.5, 0.6) is 0 Å². The first-order valence-corrected chi connectivity index (χ1v) is 7.76. The van der Waals surface area contributed by atoms with Gasteiger partial charge in [0.25, 0.3) is 0 Å². The summed E-state index contributed by atoms with van der Waals surface area (Å²) in [5, 5.41) is 11.4. The highest BCUT2D eigenvalue weighted by Crippen LogP contribution is 2.37.